The first kappa shape index (κ1) is 15.6. The van der Waals surface area contributed by atoms with Crippen molar-refractivity contribution in [3.63, 3.8) is 0 Å². The monoisotopic (exact) mass is 328 g/mol. The molecule has 1 heterocycles. The highest BCUT2D eigenvalue weighted by Gasteiger charge is 2.49. The van der Waals surface area contributed by atoms with E-state index >= 15 is 0 Å². The average molecular weight is 329 g/mol. The van der Waals surface area contributed by atoms with Gasteiger partial charge in [-0.3, -0.25) is 9.59 Å². The molecule has 1 aliphatic rings. The molecule has 4 nitrogen and oxygen atoms in total. The molecule has 0 aliphatic carbocycles. The number of nitrogens with one attached hydrogen (secondary N) is 1. The molecule has 0 radical (unpaired) electrons. The Labute approximate surface area is 140 Å². The third kappa shape index (κ3) is 2.59. The number of amides is 2. The van der Waals surface area contributed by atoms with Crippen LogP contribution in [0, 0.1) is 0 Å². The highest BCUT2D eigenvalue weighted by molar-refractivity contribution is 6.29. The number of hydrogen-bond donors (Lipinski definition) is 1. The molecule has 118 valence electrons. The lowest BCUT2D eigenvalue weighted by molar-refractivity contribution is -0.119. The zero-order chi connectivity index (χ0) is 16.4. The van der Waals surface area contributed by atoms with Crippen molar-refractivity contribution in [1.29, 1.82) is 0 Å². The molecule has 0 spiro atoms. The molecule has 2 aromatic rings. The summed E-state index contributed by atoms with van der Waals surface area (Å²) in [5.41, 5.74) is 2.22. The number of alkyl halides is 1. The molecule has 2 aromatic carbocycles. The smallest absolute Gasteiger partial charge is 0.256 e. The summed E-state index contributed by atoms with van der Waals surface area (Å²) >= 11 is 7.00. The number of carbonyl (C=O) groups excluding carboxylic acids is 2. The van der Waals surface area contributed by atoms with Crippen LogP contribution in [0.2, 0.25) is 0 Å². The molecule has 0 aromatic heterocycles. The minimum Gasteiger partial charge on any atom is -0.355 e. The van der Waals surface area contributed by atoms with Crippen LogP contribution in [-0.2, 0) is 9.79 Å². The Bertz CT molecular complexity index is 748. The van der Waals surface area contributed by atoms with Gasteiger partial charge >= 0.3 is 0 Å². The molecular weight excluding hydrogens is 312 g/mol. The Morgan fingerprint density at radius 2 is 1.78 bits per heavy atom. The van der Waals surface area contributed by atoms with Crippen molar-refractivity contribution >= 4 is 23.4 Å². The molecule has 1 unspecified atom stereocenters. The number of rotatable bonds is 4. The normalized spacial score (nSPS) is 19.6. The maximum Gasteiger partial charge on any atom is 0.256 e. The van der Waals surface area contributed by atoms with E-state index < -0.39 is 5.00 Å². The van der Waals surface area contributed by atoms with Crippen LogP contribution in [0.5, 0.6) is 0 Å². The number of hydrogen-bond acceptors (Lipinski definition) is 2. The number of carbonyl (C=O) groups is 2. The van der Waals surface area contributed by atoms with Crippen molar-refractivity contribution in [1.82, 2.24) is 10.2 Å². The molecular formula is C18H17ClN2O2. The van der Waals surface area contributed by atoms with E-state index in [2.05, 4.69) is 5.32 Å². The Hall–Kier alpha value is -2.33. The summed E-state index contributed by atoms with van der Waals surface area (Å²) in [5.74, 6) is -0.251. The molecule has 1 N–H and O–H groups in total. The topological polar surface area (TPSA) is 49.4 Å². The minimum absolute atomic E-state index is 0.121. The van der Waals surface area contributed by atoms with Crippen LogP contribution in [0.15, 0.2) is 54.6 Å². The Morgan fingerprint density at radius 3 is 2.48 bits per heavy atom. The van der Waals surface area contributed by atoms with Gasteiger partial charge in [0.2, 0.25) is 5.91 Å². The lowest BCUT2D eigenvalue weighted by Crippen LogP contribution is -2.44. The predicted octanol–water partition coefficient (Wildman–Crippen LogP) is 2.72. The average Bonchev–Trinajstić information content (AvgIpc) is 2.79. The number of benzene rings is 2. The zero-order valence-corrected chi connectivity index (χ0v) is 13.5. The molecule has 0 saturated heterocycles. The van der Waals surface area contributed by atoms with Crippen LogP contribution in [0.25, 0.3) is 0 Å². The molecule has 1 aliphatic heterocycles. The Kier molecular flexibility index (Phi) is 4.09. The zero-order valence-electron chi connectivity index (χ0n) is 12.8. The second kappa shape index (κ2) is 6.05. The molecule has 3 rings (SSSR count). The SMILES string of the molecule is CC(=O)NCCN1C(=O)c2ccccc2C1(Cl)c1ccccc1. The fourth-order valence-electron chi connectivity index (χ4n) is 2.96. The van der Waals surface area contributed by atoms with E-state index in [1.54, 1.807) is 11.0 Å². The van der Waals surface area contributed by atoms with E-state index in [1.807, 2.05) is 48.5 Å². The Morgan fingerprint density at radius 1 is 1.13 bits per heavy atom. The van der Waals surface area contributed by atoms with Crippen molar-refractivity contribution in [2.24, 2.45) is 0 Å². The lowest BCUT2D eigenvalue weighted by Gasteiger charge is -2.34. The maximum absolute atomic E-state index is 12.8. The minimum atomic E-state index is -1.05. The van der Waals surface area contributed by atoms with Crippen LogP contribution >= 0.6 is 11.6 Å². The summed E-state index contributed by atoms with van der Waals surface area (Å²) in [6.07, 6.45) is 0. The molecule has 23 heavy (non-hydrogen) atoms. The third-order valence-electron chi connectivity index (χ3n) is 4.00. The second-order valence-electron chi connectivity index (χ2n) is 5.47. The first-order valence-corrected chi connectivity index (χ1v) is 7.83. The van der Waals surface area contributed by atoms with Gasteiger partial charge in [0, 0.05) is 31.1 Å². The van der Waals surface area contributed by atoms with Crippen LogP contribution in [0.3, 0.4) is 0 Å². The molecule has 1 atom stereocenters. The number of fused-ring (bicyclic) bond motifs is 1. The highest BCUT2D eigenvalue weighted by Crippen LogP contribution is 2.47. The van der Waals surface area contributed by atoms with E-state index in [-0.39, 0.29) is 11.8 Å². The van der Waals surface area contributed by atoms with E-state index in [1.165, 1.54) is 6.92 Å². The summed E-state index contributed by atoms with van der Waals surface area (Å²) in [7, 11) is 0. The Balaban J connectivity index is 2.04. The van der Waals surface area contributed by atoms with E-state index in [0.717, 1.165) is 11.1 Å². The van der Waals surface area contributed by atoms with Crippen LogP contribution in [0.4, 0.5) is 0 Å². The van der Waals surface area contributed by atoms with Crippen molar-refractivity contribution in [3.8, 4) is 0 Å². The summed E-state index contributed by atoms with van der Waals surface area (Å²) in [4.78, 5) is 24.5. The largest absolute Gasteiger partial charge is 0.355 e. The van der Waals surface area contributed by atoms with E-state index in [9.17, 15) is 9.59 Å². The van der Waals surface area contributed by atoms with Gasteiger partial charge in [0.25, 0.3) is 5.91 Å². The summed E-state index contributed by atoms with van der Waals surface area (Å²) in [5, 5.41) is 2.72. The van der Waals surface area contributed by atoms with Gasteiger partial charge in [0.15, 0.2) is 5.00 Å². The van der Waals surface area contributed by atoms with Gasteiger partial charge in [-0.1, -0.05) is 60.1 Å². The van der Waals surface area contributed by atoms with E-state index in [0.29, 0.717) is 18.7 Å². The predicted molar refractivity (Wildman–Crippen MR) is 89.2 cm³/mol. The highest BCUT2D eigenvalue weighted by atomic mass is 35.5. The standard InChI is InChI=1S/C18H17ClN2O2/c1-13(22)20-11-12-21-17(23)15-9-5-6-10-16(15)18(21,19)14-7-3-2-4-8-14/h2-10H,11-12H2,1H3,(H,20,22). The first-order chi connectivity index (χ1) is 11.0. The first-order valence-electron chi connectivity index (χ1n) is 7.45. The number of nitrogens with zero attached hydrogens (tertiary/aromatic N) is 1. The van der Waals surface area contributed by atoms with Crippen LogP contribution in [-0.4, -0.2) is 29.8 Å². The summed E-state index contributed by atoms with van der Waals surface area (Å²) < 4.78 is 0. The molecule has 2 amide bonds. The molecule has 0 fully saturated rings. The second-order valence-corrected chi connectivity index (χ2v) is 6.02. The van der Waals surface area contributed by atoms with Crippen molar-refractivity contribution in [2.75, 3.05) is 13.1 Å². The van der Waals surface area contributed by atoms with Crippen LogP contribution in [0.1, 0.15) is 28.4 Å². The van der Waals surface area contributed by atoms with E-state index in [4.69, 9.17) is 11.6 Å². The third-order valence-corrected chi connectivity index (χ3v) is 4.62. The van der Waals surface area contributed by atoms with Gasteiger partial charge in [-0.25, -0.2) is 0 Å². The quantitative estimate of drug-likeness (QED) is 0.693. The van der Waals surface area contributed by atoms with Crippen molar-refractivity contribution in [3.05, 3.63) is 71.3 Å². The van der Waals surface area contributed by atoms with Gasteiger partial charge in [0.1, 0.15) is 0 Å². The van der Waals surface area contributed by atoms with Gasteiger partial charge in [-0.15, -0.1) is 0 Å². The van der Waals surface area contributed by atoms with Gasteiger partial charge < -0.3 is 10.2 Å². The fourth-order valence-corrected chi connectivity index (χ4v) is 3.41. The number of halogens is 1. The fraction of sp³-hybridized carbons (Fsp3) is 0.222. The van der Waals surface area contributed by atoms with Gasteiger partial charge in [-0.05, 0) is 11.6 Å². The summed E-state index contributed by atoms with van der Waals surface area (Å²) in [6.45, 7) is 2.15. The molecule has 0 saturated carbocycles. The summed E-state index contributed by atoms with van der Waals surface area (Å²) in [6, 6.07) is 16.9. The molecule has 5 heteroatoms. The van der Waals surface area contributed by atoms with Crippen molar-refractivity contribution < 1.29 is 9.59 Å². The van der Waals surface area contributed by atoms with Crippen molar-refractivity contribution in [2.45, 2.75) is 11.9 Å². The van der Waals surface area contributed by atoms with Gasteiger partial charge in [-0.2, -0.15) is 0 Å². The molecule has 0 bridgehead atoms. The maximum atomic E-state index is 12.8. The van der Waals surface area contributed by atoms with Crippen LogP contribution < -0.4 is 5.32 Å². The lowest BCUT2D eigenvalue weighted by atomic mass is 9.97. The van der Waals surface area contributed by atoms with Gasteiger partial charge in [0.05, 0.1) is 0 Å².